The second kappa shape index (κ2) is 5.72. The van der Waals surface area contributed by atoms with Crippen LogP contribution in [-0.2, 0) is 0 Å². The molecule has 0 heterocycles. The van der Waals surface area contributed by atoms with E-state index in [0.717, 1.165) is 20.1 Å². The fourth-order valence-electron chi connectivity index (χ4n) is 2.23. The Morgan fingerprint density at radius 2 is 1.85 bits per heavy atom. The first-order valence-electron chi connectivity index (χ1n) is 6.22. The lowest BCUT2D eigenvalue weighted by Crippen LogP contribution is -2.26. The van der Waals surface area contributed by atoms with Gasteiger partial charge in [0.25, 0.3) is 0 Å². The summed E-state index contributed by atoms with van der Waals surface area (Å²) in [7, 11) is 0. The van der Waals surface area contributed by atoms with E-state index < -0.39 is 6.10 Å². The van der Waals surface area contributed by atoms with Crippen molar-refractivity contribution in [1.82, 2.24) is 0 Å². The van der Waals surface area contributed by atoms with Crippen molar-refractivity contribution in [2.45, 2.75) is 12.2 Å². The van der Waals surface area contributed by atoms with E-state index in [0.29, 0.717) is 5.75 Å². The van der Waals surface area contributed by atoms with Gasteiger partial charge < -0.3 is 9.84 Å². The first kappa shape index (κ1) is 13.9. The lowest BCUT2D eigenvalue weighted by molar-refractivity contribution is 0.0618. The van der Waals surface area contributed by atoms with Crippen molar-refractivity contribution < 1.29 is 9.84 Å². The van der Waals surface area contributed by atoms with Crippen LogP contribution in [0.15, 0.2) is 57.5 Å². The maximum absolute atomic E-state index is 10.4. The summed E-state index contributed by atoms with van der Waals surface area (Å²) < 4.78 is 7.73. The summed E-state index contributed by atoms with van der Waals surface area (Å²) in [5, 5.41) is 10.4. The van der Waals surface area contributed by atoms with Crippen LogP contribution in [0, 0.1) is 0 Å². The normalized spacial score (nSPS) is 20.6. The smallest absolute Gasteiger partial charge is 0.147 e. The SMILES string of the molecule is O[C@H]1c2ccccc2C=C[C@@H]1Oc1ccc(Br)cc1Br. The summed E-state index contributed by atoms with van der Waals surface area (Å²) in [6.07, 6.45) is 2.83. The highest BCUT2D eigenvalue weighted by Gasteiger charge is 2.26. The molecule has 2 atom stereocenters. The maximum atomic E-state index is 10.4. The van der Waals surface area contributed by atoms with E-state index in [1.165, 1.54) is 0 Å². The van der Waals surface area contributed by atoms with Crippen LogP contribution >= 0.6 is 31.9 Å². The topological polar surface area (TPSA) is 29.5 Å². The molecular formula is C16H12Br2O2. The summed E-state index contributed by atoms with van der Waals surface area (Å²) in [5.74, 6) is 0.710. The molecule has 2 nitrogen and oxygen atoms in total. The van der Waals surface area contributed by atoms with Gasteiger partial charge in [-0.1, -0.05) is 46.3 Å². The third-order valence-electron chi connectivity index (χ3n) is 3.25. The molecule has 3 rings (SSSR count). The molecule has 2 aromatic carbocycles. The van der Waals surface area contributed by atoms with Crippen molar-refractivity contribution in [2.75, 3.05) is 0 Å². The minimum atomic E-state index is -0.660. The average Bonchev–Trinajstić information content (AvgIpc) is 2.45. The van der Waals surface area contributed by atoms with Crippen molar-refractivity contribution in [1.29, 1.82) is 0 Å². The third-order valence-corrected chi connectivity index (χ3v) is 4.36. The molecule has 0 spiro atoms. The van der Waals surface area contributed by atoms with Gasteiger partial charge in [-0.2, -0.15) is 0 Å². The summed E-state index contributed by atoms with van der Waals surface area (Å²) in [6.45, 7) is 0. The van der Waals surface area contributed by atoms with Gasteiger partial charge >= 0.3 is 0 Å². The standard InChI is InChI=1S/C16H12Br2O2/c17-11-6-8-14(13(18)9-11)20-15-7-5-10-3-1-2-4-12(10)16(15)19/h1-9,15-16,19H/t15-,16-/m0/s1. The van der Waals surface area contributed by atoms with Gasteiger partial charge in [0.15, 0.2) is 0 Å². The van der Waals surface area contributed by atoms with Gasteiger partial charge in [-0.15, -0.1) is 0 Å². The van der Waals surface area contributed by atoms with Crippen LogP contribution in [0.1, 0.15) is 17.2 Å². The molecule has 1 N–H and O–H groups in total. The number of halogens is 2. The predicted octanol–water partition coefficient (Wildman–Crippen LogP) is 4.72. The van der Waals surface area contributed by atoms with E-state index in [2.05, 4.69) is 31.9 Å². The first-order chi connectivity index (χ1) is 9.65. The largest absolute Gasteiger partial charge is 0.482 e. The van der Waals surface area contributed by atoms with Crippen LogP contribution < -0.4 is 4.74 Å². The molecule has 2 aromatic rings. The van der Waals surface area contributed by atoms with Crippen molar-refractivity contribution in [2.24, 2.45) is 0 Å². The number of benzene rings is 2. The molecule has 20 heavy (non-hydrogen) atoms. The van der Waals surface area contributed by atoms with Crippen LogP contribution in [-0.4, -0.2) is 11.2 Å². The van der Waals surface area contributed by atoms with E-state index in [9.17, 15) is 5.11 Å². The van der Waals surface area contributed by atoms with E-state index in [1.807, 2.05) is 54.6 Å². The Balaban J connectivity index is 1.86. The molecular weight excluding hydrogens is 384 g/mol. The molecule has 0 bridgehead atoms. The van der Waals surface area contributed by atoms with E-state index in [1.54, 1.807) is 0 Å². The fraction of sp³-hybridized carbons (Fsp3) is 0.125. The third kappa shape index (κ3) is 2.68. The lowest BCUT2D eigenvalue weighted by atomic mass is 9.93. The van der Waals surface area contributed by atoms with Gasteiger partial charge in [0, 0.05) is 4.47 Å². The highest BCUT2D eigenvalue weighted by molar-refractivity contribution is 9.11. The van der Waals surface area contributed by atoms with Crippen LogP contribution in [0.25, 0.3) is 6.08 Å². The van der Waals surface area contributed by atoms with Crippen molar-refractivity contribution in [3.05, 3.63) is 68.6 Å². The molecule has 0 radical (unpaired) electrons. The maximum Gasteiger partial charge on any atom is 0.147 e. The van der Waals surface area contributed by atoms with Gasteiger partial charge in [-0.3, -0.25) is 0 Å². The number of rotatable bonds is 2. The molecule has 1 aliphatic carbocycles. The van der Waals surface area contributed by atoms with E-state index in [4.69, 9.17) is 4.74 Å². The molecule has 4 heteroatoms. The van der Waals surface area contributed by atoms with Crippen LogP contribution in [0.4, 0.5) is 0 Å². The Morgan fingerprint density at radius 3 is 2.65 bits per heavy atom. The fourth-order valence-corrected chi connectivity index (χ4v) is 3.37. The molecule has 0 saturated carbocycles. The molecule has 0 aliphatic heterocycles. The Labute approximate surface area is 134 Å². The Hall–Kier alpha value is -1.10. The Bertz CT molecular complexity index is 667. The van der Waals surface area contributed by atoms with Gasteiger partial charge in [0.1, 0.15) is 18.0 Å². The van der Waals surface area contributed by atoms with Crippen molar-refractivity contribution >= 4 is 37.9 Å². The van der Waals surface area contributed by atoms with Gasteiger partial charge in [0.05, 0.1) is 4.47 Å². The number of ether oxygens (including phenoxy) is 1. The zero-order chi connectivity index (χ0) is 14.1. The number of hydrogen-bond acceptors (Lipinski definition) is 2. The first-order valence-corrected chi connectivity index (χ1v) is 7.80. The number of fused-ring (bicyclic) bond motifs is 1. The molecule has 0 fully saturated rings. The second-order valence-electron chi connectivity index (χ2n) is 4.59. The Morgan fingerprint density at radius 1 is 1.05 bits per heavy atom. The Kier molecular flexibility index (Phi) is 3.96. The molecule has 0 aromatic heterocycles. The summed E-state index contributed by atoms with van der Waals surface area (Å²) in [5.41, 5.74) is 1.93. The highest BCUT2D eigenvalue weighted by atomic mass is 79.9. The van der Waals surface area contributed by atoms with Crippen LogP contribution in [0.5, 0.6) is 5.75 Å². The monoisotopic (exact) mass is 394 g/mol. The quantitative estimate of drug-likeness (QED) is 0.797. The molecule has 102 valence electrons. The van der Waals surface area contributed by atoms with Gasteiger partial charge in [0.2, 0.25) is 0 Å². The van der Waals surface area contributed by atoms with Crippen molar-refractivity contribution in [3.63, 3.8) is 0 Å². The summed E-state index contributed by atoms with van der Waals surface area (Å²) >= 11 is 6.87. The molecule has 0 saturated heterocycles. The molecule has 0 unspecified atom stereocenters. The van der Waals surface area contributed by atoms with E-state index >= 15 is 0 Å². The molecule has 1 aliphatic rings. The molecule has 0 amide bonds. The highest BCUT2D eigenvalue weighted by Crippen LogP contribution is 2.34. The number of hydrogen-bond donors (Lipinski definition) is 1. The summed E-state index contributed by atoms with van der Waals surface area (Å²) in [6, 6.07) is 13.5. The summed E-state index contributed by atoms with van der Waals surface area (Å²) in [4.78, 5) is 0. The minimum absolute atomic E-state index is 0.387. The zero-order valence-corrected chi connectivity index (χ0v) is 13.6. The predicted molar refractivity (Wildman–Crippen MR) is 86.7 cm³/mol. The average molecular weight is 396 g/mol. The minimum Gasteiger partial charge on any atom is -0.482 e. The number of aliphatic hydroxyl groups is 1. The van der Waals surface area contributed by atoms with Gasteiger partial charge in [-0.05, 0) is 51.3 Å². The van der Waals surface area contributed by atoms with E-state index in [-0.39, 0.29) is 6.10 Å². The van der Waals surface area contributed by atoms with Crippen LogP contribution in [0.3, 0.4) is 0 Å². The number of aliphatic hydroxyl groups excluding tert-OH is 1. The zero-order valence-electron chi connectivity index (χ0n) is 10.5. The van der Waals surface area contributed by atoms with Gasteiger partial charge in [-0.25, -0.2) is 0 Å². The lowest BCUT2D eigenvalue weighted by Gasteiger charge is -2.26. The van der Waals surface area contributed by atoms with Crippen LogP contribution in [0.2, 0.25) is 0 Å². The second-order valence-corrected chi connectivity index (χ2v) is 6.36. The van der Waals surface area contributed by atoms with Crippen molar-refractivity contribution in [3.8, 4) is 5.75 Å².